The van der Waals surface area contributed by atoms with Gasteiger partial charge in [-0.1, -0.05) is 11.6 Å². The molecule has 7 heteroatoms. The molecule has 0 unspecified atom stereocenters. The average Bonchev–Trinajstić information content (AvgIpc) is 2.60. The van der Waals surface area contributed by atoms with Crippen LogP contribution in [0.3, 0.4) is 0 Å². The van der Waals surface area contributed by atoms with Crippen LogP contribution in [0.15, 0.2) is 36.4 Å². The second kappa shape index (κ2) is 6.73. The average molecular weight is 355 g/mol. The van der Waals surface area contributed by atoms with Gasteiger partial charge in [-0.05, 0) is 36.4 Å². The van der Waals surface area contributed by atoms with Crippen molar-refractivity contribution >= 4 is 23.2 Å². The highest BCUT2D eigenvalue weighted by Crippen LogP contribution is 2.21. The van der Waals surface area contributed by atoms with Gasteiger partial charge in [-0.2, -0.15) is 0 Å². The zero-order valence-corrected chi connectivity index (χ0v) is 13.4. The van der Waals surface area contributed by atoms with Crippen LogP contribution in [0, 0.1) is 17.5 Å². The maximum Gasteiger partial charge on any atom is 0.257 e. The highest BCUT2D eigenvalue weighted by Gasteiger charge is 2.26. The quantitative estimate of drug-likeness (QED) is 0.767. The lowest BCUT2D eigenvalue weighted by Gasteiger charge is -2.36. The van der Waals surface area contributed by atoms with E-state index in [1.165, 1.54) is 4.90 Å². The number of anilines is 1. The van der Waals surface area contributed by atoms with Gasteiger partial charge < -0.3 is 9.80 Å². The number of carbonyl (C=O) groups excluding carboxylic acids is 1. The number of amides is 1. The third-order valence-electron chi connectivity index (χ3n) is 4.02. The summed E-state index contributed by atoms with van der Waals surface area (Å²) in [6, 6.07) is 9.07. The Balaban J connectivity index is 1.69. The molecule has 0 N–H and O–H groups in total. The molecule has 0 aromatic heterocycles. The Bertz CT molecular complexity index is 759. The first kappa shape index (κ1) is 16.6. The second-order valence-corrected chi connectivity index (χ2v) is 5.92. The van der Waals surface area contributed by atoms with Gasteiger partial charge in [0.1, 0.15) is 0 Å². The van der Waals surface area contributed by atoms with E-state index in [1.54, 1.807) is 12.1 Å². The van der Waals surface area contributed by atoms with Crippen LogP contribution in [0.1, 0.15) is 10.4 Å². The van der Waals surface area contributed by atoms with Crippen LogP contribution in [-0.4, -0.2) is 37.0 Å². The maximum absolute atomic E-state index is 13.8. The lowest BCUT2D eigenvalue weighted by molar-refractivity contribution is 0.0740. The van der Waals surface area contributed by atoms with Crippen molar-refractivity contribution < 1.29 is 18.0 Å². The van der Waals surface area contributed by atoms with Crippen molar-refractivity contribution in [1.29, 1.82) is 0 Å². The molecule has 0 spiro atoms. The van der Waals surface area contributed by atoms with E-state index in [9.17, 15) is 18.0 Å². The third kappa shape index (κ3) is 3.19. The van der Waals surface area contributed by atoms with Crippen LogP contribution in [0.5, 0.6) is 0 Å². The molecule has 24 heavy (non-hydrogen) atoms. The maximum atomic E-state index is 13.8. The Morgan fingerprint density at radius 2 is 1.50 bits per heavy atom. The van der Waals surface area contributed by atoms with Gasteiger partial charge in [0.2, 0.25) is 0 Å². The van der Waals surface area contributed by atoms with E-state index in [0.29, 0.717) is 31.2 Å². The van der Waals surface area contributed by atoms with E-state index in [-0.39, 0.29) is 0 Å². The van der Waals surface area contributed by atoms with Crippen molar-refractivity contribution in [3.05, 3.63) is 64.4 Å². The smallest absolute Gasteiger partial charge is 0.257 e. The Kier molecular flexibility index (Phi) is 4.66. The summed E-state index contributed by atoms with van der Waals surface area (Å²) in [5.74, 6) is -5.01. The Hall–Kier alpha value is -2.21. The van der Waals surface area contributed by atoms with Crippen molar-refractivity contribution in [1.82, 2.24) is 4.90 Å². The third-order valence-corrected chi connectivity index (χ3v) is 4.28. The molecule has 0 saturated carbocycles. The Morgan fingerprint density at radius 3 is 2.12 bits per heavy atom. The van der Waals surface area contributed by atoms with Crippen LogP contribution in [0.25, 0.3) is 0 Å². The Morgan fingerprint density at radius 1 is 0.875 bits per heavy atom. The summed E-state index contributed by atoms with van der Waals surface area (Å²) in [5.41, 5.74) is 0.527. The lowest BCUT2D eigenvalue weighted by Crippen LogP contribution is -2.49. The SMILES string of the molecule is O=C(c1ccc(F)c(F)c1F)N1CCN(c2ccc(Cl)cc2)CC1. The van der Waals surface area contributed by atoms with E-state index in [0.717, 1.165) is 17.8 Å². The minimum Gasteiger partial charge on any atom is -0.368 e. The van der Waals surface area contributed by atoms with Gasteiger partial charge in [-0.15, -0.1) is 0 Å². The number of carbonyl (C=O) groups is 1. The molecule has 0 aliphatic carbocycles. The van der Waals surface area contributed by atoms with Crippen LogP contribution in [0.4, 0.5) is 18.9 Å². The predicted molar refractivity (Wildman–Crippen MR) is 85.9 cm³/mol. The number of benzene rings is 2. The topological polar surface area (TPSA) is 23.6 Å². The summed E-state index contributed by atoms with van der Waals surface area (Å²) in [4.78, 5) is 15.8. The van der Waals surface area contributed by atoms with Crippen molar-refractivity contribution in [3.8, 4) is 0 Å². The number of halogens is 4. The summed E-state index contributed by atoms with van der Waals surface area (Å²) < 4.78 is 40.0. The van der Waals surface area contributed by atoms with E-state index in [2.05, 4.69) is 4.90 Å². The van der Waals surface area contributed by atoms with Gasteiger partial charge in [0.15, 0.2) is 17.5 Å². The molecule has 0 bridgehead atoms. The number of hydrogen-bond acceptors (Lipinski definition) is 2. The molecule has 1 heterocycles. The van der Waals surface area contributed by atoms with Gasteiger partial charge in [-0.3, -0.25) is 4.79 Å². The van der Waals surface area contributed by atoms with Crippen molar-refractivity contribution in [2.45, 2.75) is 0 Å². The van der Waals surface area contributed by atoms with Gasteiger partial charge in [-0.25, -0.2) is 13.2 Å². The molecule has 126 valence electrons. The fraction of sp³-hybridized carbons (Fsp3) is 0.235. The summed E-state index contributed by atoms with van der Waals surface area (Å²) in [5, 5.41) is 0.640. The number of piperazine rings is 1. The zero-order chi connectivity index (χ0) is 17.3. The van der Waals surface area contributed by atoms with E-state index in [1.807, 2.05) is 12.1 Å². The molecule has 2 aromatic carbocycles. The molecular formula is C17H14ClF3N2O. The zero-order valence-electron chi connectivity index (χ0n) is 12.6. The minimum absolute atomic E-state index is 0.361. The molecule has 1 aliphatic rings. The highest BCUT2D eigenvalue weighted by molar-refractivity contribution is 6.30. The normalized spacial score (nSPS) is 14.8. The monoisotopic (exact) mass is 354 g/mol. The molecule has 0 radical (unpaired) electrons. The van der Waals surface area contributed by atoms with Crippen molar-refractivity contribution in [2.75, 3.05) is 31.1 Å². The van der Waals surface area contributed by atoms with Crippen molar-refractivity contribution in [3.63, 3.8) is 0 Å². The largest absolute Gasteiger partial charge is 0.368 e. The Labute approximate surface area is 142 Å². The summed E-state index contributed by atoms with van der Waals surface area (Å²) in [7, 11) is 0. The highest BCUT2D eigenvalue weighted by atomic mass is 35.5. The number of rotatable bonds is 2. The molecule has 1 fully saturated rings. The van der Waals surface area contributed by atoms with E-state index < -0.39 is 28.9 Å². The lowest BCUT2D eigenvalue weighted by atomic mass is 10.1. The standard InChI is InChI=1S/C17H14ClF3N2O/c18-11-1-3-12(4-2-11)22-7-9-23(10-8-22)17(24)13-5-6-14(19)16(21)15(13)20/h1-6H,7-10H2. The molecule has 1 amide bonds. The minimum atomic E-state index is -1.62. The van der Waals surface area contributed by atoms with Gasteiger partial charge >= 0.3 is 0 Å². The van der Waals surface area contributed by atoms with Gasteiger partial charge in [0, 0.05) is 36.9 Å². The van der Waals surface area contributed by atoms with E-state index in [4.69, 9.17) is 11.6 Å². The van der Waals surface area contributed by atoms with Gasteiger partial charge in [0.25, 0.3) is 5.91 Å². The molecule has 2 aromatic rings. The molecule has 3 rings (SSSR count). The van der Waals surface area contributed by atoms with Crippen LogP contribution in [0.2, 0.25) is 5.02 Å². The van der Waals surface area contributed by atoms with Gasteiger partial charge in [0.05, 0.1) is 5.56 Å². The van der Waals surface area contributed by atoms with Crippen molar-refractivity contribution in [2.24, 2.45) is 0 Å². The summed E-state index contributed by atoms with van der Waals surface area (Å²) in [6.45, 7) is 1.83. The van der Waals surface area contributed by atoms with E-state index >= 15 is 0 Å². The molecule has 3 nitrogen and oxygen atoms in total. The molecular weight excluding hydrogens is 341 g/mol. The molecule has 0 atom stereocenters. The summed E-state index contributed by atoms with van der Waals surface area (Å²) in [6.07, 6.45) is 0. The fourth-order valence-corrected chi connectivity index (χ4v) is 2.81. The summed E-state index contributed by atoms with van der Waals surface area (Å²) >= 11 is 5.86. The number of hydrogen-bond donors (Lipinski definition) is 0. The first-order valence-corrected chi connectivity index (χ1v) is 7.78. The van der Waals surface area contributed by atoms with Crippen LogP contribution < -0.4 is 4.90 Å². The van der Waals surface area contributed by atoms with Crippen LogP contribution in [-0.2, 0) is 0 Å². The van der Waals surface area contributed by atoms with Crippen LogP contribution >= 0.6 is 11.6 Å². The first-order chi connectivity index (χ1) is 11.5. The second-order valence-electron chi connectivity index (χ2n) is 5.48. The predicted octanol–water partition coefficient (Wildman–Crippen LogP) is 3.72. The first-order valence-electron chi connectivity index (χ1n) is 7.40. The number of nitrogens with zero attached hydrogens (tertiary/aromatic N) is 2. The fourth-order valence-electron chi connectivity index (χ4n) is 2.68. The molecule has 1 aliphatic heterocycles. The molecule has 1 saturated heterocycles.